The zero-order valence-corrected chi connectivity index (χ0v) is 14.5. The zero-order valence-electron chi connectivity index (χ0n) is 14.5. The number of hydrogen-bond donors (Lipinski definition) is 1. The van der Waals surface area contributed by atoms with Crippen molar-refractivity contribution >= 4 is 17.4 Å². The van der Waals surface area contributed by atoms with Crippen molar-refractivity contribution in [3.63, 3.8) is 0 Å². The summed E-state index contributed by atoms with van der Waals surface area (Å²) in [7, 11) is 2.70. The topological polar surface area (TPSA) is 80.6 Å². The van der Waals surface area contributed by atoms with E-state index in [2.05, 4.69) is 15.5 Å². The first-order valence-electron chi connectivity index (χ1n) is 7.76. The molecule has 2 aromatic rings. The molecule has 0 saturated carbocycles. The Morgan fingerprint density at radius 3 is 2.44 bits per heavy atom. The number of halogens is 3. The highest BCUT2D eigenvalue weighted by Gasteiger charge is 2.31. The number of oxime groups is 1. The number of ketones is 1. The maximum atomic E-state index is 12.6. The van der Waals surface area contributed by atoms with Crippen LogP contribution in [-0.2, 0) is 22.2 Å². The number of carbonyl (C=O) groups is 2. The molecule has 1 heterocycles. The number of rotatable bonds is 6. The third kappa shape index (κ3) is 4.90. The van der Waals surface area contributed by atoms with Crippen LogP contribution in [0, 0.1) is 0 Å². The lowest BCUT2D eigenvalue weighted by atomic mass is 9.97. The monoisotopic (exact) mass is 379 g/mol. The second-order valence-electron chi connectivity index (χ2n) is 5.39. The Labute approximate surface area is 153 Å². The quantitative estimate of drug-likeness (QED) is 0.475. The van der Waals surface area contributed by atoms with Crippen molar-refractivity contribution in [1.29, 1.82) is 0 Å². The van der Waals surface area contributed by atoms with Crippen molar-refractivity contribution in [2.75, 3.05) is 14.2 Å². The molecule has 1 aromatic heterocycles. The molecule has 6 nitrogen and oxygen atoms in total. The Balaban J connectivity index is 2.31. The van der Waals surface area contributed by atoms with Gasteiger partial charge in [-0.25, -0.2) is 0 Å². The van der Waals surface area contributed by atoms with Crippen LogP contribution in [0.3, 0.4) is 0 Å². The molecule has 142 valence electrons. The first-order chi connectivity index (χ1) is 12.8. The third-order valence-electron chi connectivity index (χ3n) is 3.62. The first kappa shape index (κ1) is 20.1. The molecule has 0 bridgehead atoms. The Kier molecular flexibility index (Phi) is 6.27. The lowest BCUT2D eigenvalue weighted by molar-refractivity contribution is -0.137. The molecule has 27 heavy (non-hydrogen) atoms. The van der Waals surface area contributed by atoms with Gasteiger partial charge in [-0.05, 0) is 17.7 Å². The van der Waals surface area contributed by atoms with Gasteiger partial charge in [-0.1, -0.05) is 29.4 Å². The van der Waals surface area contributed by atoms with E-state index in [4.69, 9.17) is 4.84 Å². The molecular formula is C18H16F3N3O3. The summed E-state index contributed by atoms with van der Waals surface area (Å²) in [5, 5.41) is 6.12. The molecule has 0 aliphatic carbocycles. The number of nitrogens with zero attached hydrogens (tertiary/aromatic N) is 2. The van der Waals surface area contributed by atoms with Crippen molar-refractivity contribution in [2.45, 2.75) is 12.6 Å². The molecule has 1 N–H and O–H groups in total. The van der Waals surface area contributed by atoms with E-state index in [9.17, 15) is 22.8 Å². The van der Waals surface area contributed by atoms with Gasteiger partial charge < -0.3 is 10.2 Å². The smallest absolute Gasteiger partial charge is 0.398 e. The molecule has 0 aliphatic rings. The first-order valence-corrected chi connectivity index (χ1v) is 7.76. The maximum Gasteiger partial charge on any atom is 0.417 e. The minimum atomic E-state index is -4.53. The van der Waals surface area contributed by atoms with E-state index in [1.807, 2.05) is 0 Å². The van der Waals surface area contributed by atoms with Gasteiger partial charge in [0, 0.05) is 25.2 Å². The van der Waals surface area contributed by atoms with E-state index in [1.54, 1.807) is 24.3 Å². The highest BCUT2D eigenvalue weighted by Crippen LogP contribution is 2.28. The van der Waals surface area contributed by atoms with Crippen LogP contribution in [0.25, 0.3) is 0 Å². The number of Topliss-reactive ketones (excluding diaryl/α,β-unsaturated/α-hetero) is 1. The minimum Gasteiger partial charge on any atom is -0.398 e. The van der Waals surface area contributed by atoms with Crippen LogP contribution in [0.15, 0.2) is 47.8 Å². The summed E-state index contributed by atoms with van der Waals surface area (Å²) in [6.45, 7) is 0. The van der Waals surface area contributed by atoms with Gasteiger partial charge in [0.15, 0.2) is 11.5 Å². The summed E-state index contributed by atoms with van der Waals surface area (Å²) in [5.74, 6) is -1.01. The van der Waals surface area contributed by atoms with E-state index >= 15 is 0 Å². The summed E-state index contributed by atoms with van der Waals surface area (Å²) >= 11 is 0. The summed E-state index contributed by atoms with van der Waals surface area (Å²) in [6, 6.07) is 8.36. The summed E-state index contributed by atoms with van der Waals surface area (Å²) < 4.78 is 37.8. The normalized spacial score (nSPS) is 11.8. The van der Waals surface area contributed by atoms with E-state index in [0.29, 0.717) is 17.3 Å². The largest absolute Gasteiger partial charge is 0.417 e. The Bertz CT molecular complexity index is 862. The van der Waals surface area contributed by atoms with Gasteiger partial charge >= 0.3 is 6.18 Å². The number of amides is 1. The van der Waals surface area contributed by atoms with Crippen molar-refractivity contribution < 1.29 is 27.6 Å². The number of hydrogen-bond acceptors (Lipinski definition) is 5. The average Bonchev–Trinajstić information content (AvgIpc) is 2.65. The molecule has 0 saturated heterocycles. The molecule has 9 heteroatoms. The van der Waals surface area contributed by atoms with Gasteiger partial charge in [-0.2, -0.15) is 13.2 Å². The van der Waals surface area contributed by atoms with Crippen molar-refractivity contribution in [3.8, 4) is 0 Å². The number of pyridine rings is 1. The highest BCUT2D eigenvalue weighted by atomic mass is 19.4. The lowest BCUT2D eigenvalue weighted by Crippen LogP contribution is -2.29. The molecule has 0 unspecified atom stereocenters. The fourth-order valence-corrected chi connectivity index (χ4v) is 2.32. The third-order valence-corrected chi connectivity index (χ3v) is 3.62. The number of benzene rings is 1. The SMILES string of the molecule is CNC(=O)C(=NOC)c1ccccc1CC(=O)c1ccc(C(F)(F)F)cn1. The molecule has 0 aliphatic heterocycles. The molecule has 0 atom stereocenters. The van der Waals surface area contributed by atoms with Gasteiger partial charge in [0.2, 0.25) is 0 Å². The number of aromatic nitrogens is 1. The number of carbonyl (C=O) groups excluding carboxylic acids is 2. The Hall–Kier alpha value is -3.23. The minimum absolute atomic E-state index is 0.0243. The molecule has 2 rings (SSSR count). The van der Waals surface area contributed by atoms with E-state index in [-0.39, 0.29) is 17.8 Å². The number of alkyl halides is 3. The van der Waals surface area contributed by atoms with Crippen molar-refractivity contribution in [3.05, 3.63) is 65.0 Å². The maximum absolute atomic E-state index is 12.6. The Morgan fingerprint density at radius 2 is 1.89 bits per heavy atom. The van der Waals surface area contributed by atoms with E-state index in [1.165, 1.54) is 14.2 Å². The van der Waals surface area contributed by atoms with Crippen LogP contribution in [0.1, 0.15) is 27.2 Å². The second-order valence-corrected chi connectivity index (χ2v) is 5.39. The van der Waals surface area contributed by atoms with E-state index < -0.39 is 23.4 Å². The Morgan fingerprint density at radius 1 is 1.19 bits per heavy atom. The van der Waals surface area contributed by atoms with Crippen LogP contribution in [0.5, 0.6) is 0 Å². The molecule has 0 fully saturated rings. The fraction of sp³-hybridized carbons (Fsp3) is 0.222. The van der Waals surface area contributed by atoms with Gasteiger partial charge in [0.25, 0.3) is 5.91 Å². The molecule has 1 aromatic carbocycles. The lowest BCUT2D eigenvalue weighted by Gasteiger charge is -2.11. The van der Waals surface area contributed by atoms with Crippen LogP contribution in [-0.4, -0.2) is 36.5 Å². The zero-order chi connectivity index (χ0) is 20.0. The highest BCUT2D eigenvalue weighted by molar-refractivity contribution is 6.45. The predicted octanol–water partition coefficient (Wildman–Crippen LogP) is 2.62. The molecule has 1 amide bonds. The summed E-state index contributed by atoms with van der Waals surface area (Å²) in [6.07, 6.45) is -4.09. The van der Waals surface area contributed by atoms with Crippen LogP contribution >= 0.6 is 0 Å². The van der Waals surface area contributed by atoms with Crippen LogP contribution in [0.4, 0.5) is 13.2 Å². The second kappa shape index (κ2) is 8.43. The van der Waals surface area contributed by atoms with Crippen molar-refractivity contribution in [2.24, 2.45) is 5.16 Å². The van der Waals surface area contributed by atoms with Gasteiger partial charge in [0.1, 0.15) is 12.8 Å². The van der Waals surface area contributed by atoms with Gasteiger partial charge in [-0.15, -0.1) is 0 Å². The fourth-order valence-electron chi connectivity index (χ4n) is 2.32. The predicted molar refractivity (Wildman–Crippen MR) is 91.3 cm³/mol. The van der Waals surface area contributed by atoms with Gasteiger partial charge in [0.05, 0.1) is 5.56 Å². The standard InChI is InChI=1S/C18H16F3N3O3/c1-22-17(26)16(24-27-2)13-6-4-3-5-11(13)9-15(25)14-8-7-12(10-23-14)18(19,20)21/h3-8,10H,9H2,1-2H3,(H,22,26). The van der Waals surface area contributed by atoms with Crippen LogP contribution in [0.2, 0.25) is 0 Å². The summed E-state index contributed by atoms with van der Waals surface area (Å²) in [5.41, 5.74) is -0.233. The van der Waals surface area contributed by atoms with Crippen molar-refractivity contribution in [1.82, 2.24) is 10.3 Å². The summed E-state index contributed by atoms with van der Waals surface area (Å²) in [4.78, 5) is 32.7. The average molecular weight is 379 g/mol. The van der Waals surface area contributed by atoms with E-state index in [0.717, 1.165) is 12.1 Å². The van der Waals surface area contributed by atoms with Crippen LogP contribution < -0.4 is 5.32 Å². The molecular weight excluding hydrogens is 363 g/mol. The number of likely N-dealkylation sites (N-methyl/N-ethyl adjacent to an activating group) is 1. The molecule has 0 spiro atoms. The number of nitrogens with one attached hydrogen (secondary N) is 1. The molecule has 0 radical (unpaired) electrons. The van der Waals surface area contributed by atoms with Gasteiger partial charge in [-0.3, -0.25) is 14.6 Å².